The molecule has 0 aromatic heterocycles. The lowest BCUT2D eigenvalue weighted by Crippen LogP contribution is -2.06. The predicted molar refractivity (Wildman–Crippen MR) is 75.7 cm³/mol. The van der Waals surface area contributed by atoms with E-state index in [2.05, 4.69) is 0 Å². The van der Waals surface area contributed by atoms with Crippen LogP contribution in [0.2, 0.25) is 0 Å². The van der Waals surface area contributed by atoms with Gasteiger partial charge in [-0.25, -0.2) is 0 Å². The summed E-state index contributed by atoms with van der Waals surface area (Å²) < 4.78 is 5.37. The fourth-order valence-corrected chi connectivity index (χ4v) is 3.99. The largest absolute Gasteiger partial charge is 0.496 e. The molecule has 2 nitrogen and oxygen atoms in total. The summed E-state index contributed by atoms with van der Waals surface area (Å²) in [6.45, 7) is 4.03. The van der Waals surface area contributed by atoms with Gasteiger partial charge in [-0.1, -0.05) is 12.8 Å². The van der Waals surface area contributed by atoms with E-state index < -0.39 is 0 Å². The highest BCUT2D eigenvalue weighted by atomic mass is 16.5. The van der Waals surface area contributed by atoms with E-state index in [1.54, 1.807) is 7.11 Å². The second-order valence-electron chi connectivity index (χ2n) is 6.15. The molecule has 2 aliphatic carbocycles. The first-order valence-electron chi connectivity index (χ1n) is 7.33. The number of carbonyl (C=O) groups excluding carboxylic acids is 1. The van der Waals surface area contributed by atoms with Gasteiger partial charge in [-0.05, 0) is 61.8 Å². The number of rotatable bonds is 3. The van der Waals surface area contributed by atoms with E-state index in [0.29, 0.717) is 23.5 Å². The van der Waals surface area contributed by atoms with Gasteiger partial charge in [0.25, 0.3) is 0 Å². The minimum Gasteiger partial charge on any atom is -0.496 e. The number of hydrogen-bond donors (Lipinski definition) is 0. The summed E-state index contributed by atoms with van der Waals surface area (Å²) in [6.07, 6.45) is 5.14. The lowest BCUT2D eigenvalue weighted by atomic mass is 9.99. The third kappa shape index (κ3) is 2.07. The number of benzene rings is 1. The van der Waals surface area contributed by atoms with E-state index in [0.717, 1.165) is 22.4 Å². The Hall–Kier alpha value is -1.31. The van der Waals surface area contributed by atoms with Crippen LogP contribution in [-0.2, 0) is 0 Å². The standard InChI is InChI=1S/C17H22O2/c1-10-8-12(9-11(2)17(10)19-3)16(18)15-13-6-4-5-7-14(13)15/h8-9,13-15H,4-7H2,1-3H3. The normalized spacial score (nSPS) is 28.7. The van der Waals surface area contributed by atoms with E-state index in [9.17, 15) is 4.79 Å². The zero-order chi connectivity index (χ0) is 13.6. The molecule has 2 unspecified atom stereocenters. The Morgan fingerprint density at radius 2 is 1.63 bits per heavy atom. The minimum atomic E-state index is 0.315. The van der Waals surface area contributed by atoms with Gasteiger partial charge in [0.15, 0.2) is 5.78 Å². The molecule has 0 heterocycles. The molecule has 0 radical (unpaired) electrons. The first-order chi connectivity index (χ1) is 9.13. The Morgan fingerprint density at radius 3 is 2.11 bits per heavy atom. The second kappa shape index (κ2) is 4.66. The molecule has 2 heteroatoms. The summed E-state index contributed by atoms with van der Waals surface area (Å²) in [5.41, 5.74) is 3.01. The lowest BCUT2D eigenvalue weighted by molar-refractivity contribution is 0.0956. The van der Waals surface area contributed by atoms with Crippen molar-refractivity contribution in [3.05, 3.63) is 28.8 Å². The molecule has 0 amide bonds. The van der Waals surface area contributed by atoms with Crippen LogP contribution < -0.4 is 4.74 Å². The highest BCUT2D eigenvalue weighted by Crippen LogP contribution is 2.56. The Labute approximate surface area is 115 Å². The van der Waals surface area contributed by atoms with Crippen molar-refractivity contribution in [1.29, 1.82) is 0 Å². The summed E-state index contributed by atoms with van der Waals surface area (Å²) in [7, 11) is 1.69. The van der Waals surface area contributed by atoms with Crippen LogP contribution in [0.3, 0.4) is 0 Å². The molecule has 102 valence electrons. The number of aryl methyl sites for hydroxylation is 2. The molecule has 0 spiro atoms. The van der Waals surface area contributed by atoms with Gasteiger partial charge in [0.1, 0.15) is 5.75 Å². The molecule has 0 N–H and O–H groups in total. The zero-order valence-corrected chi connectivity index (χ0v) is 12.0. The number of fused-ring (bicyclic) bond motifs is 1. The average Bonchev–Trinajstić information content (AvgIpc) is 3.11. The van der Waals surface area contributed by atoms with E-state index in [-0.39, 0.29) is 0 Å². The lowest BCUT2D eigenvalue weighted by Gasteiger charge is -2.10. The maximum atomic E-state index is 12.6. The van der Waals surface area contributed by atoms with E-state index in [4.69, 9.17) is 4.74 Å². The first-order valence-corrected chi connectivity index (χ1v) is 7.33. The monoisotopic (exact) mass is 258 g/mol. The van der Waals surface area contributed by atoms with Crippen molar-refractivity contribution >= 4 is 5.78 Å². The van der Waals surface area contributed by atoms with Crippen LogP contribution in [0, 0.1) is 31.6 Å². The fourth-order valence-electron chi connectivity index (χ4n) is 3.99. The van der Waals surface area contributed by atoms with Crippen LogP contribution >= 0.6 is 0 Å². The molecule has 1 aromatic carbocycles. The number of ketones is 1. The van der Waals surface area contributed by atoms with E-state index >= 15 is 0 Å². The molecule has 2 saturated carbocycles. The zero-order valence-electron chi connectivity index (χ0n) is 12.0. The third-order valence-electron chi connectivity index (χ3n) is 4.91. The highest BCUT2D eigenvalue weighted by Gasteiger charge is 2.54. The Kier molecular flexibility index (Phi) is 3.12. The molecule has 2 fully saturated rings. The van der Waals surface area contributed by atoms with Crippen molar-refractivity contribution < 1.29 is 9.53 Å². The molecule has 0 aliphatic heterocycles. The molecule has 19 heavy (non-hydrogen) atoms. The number of carbonyl (C=O) groups is 1. The molecule has 2 atom stereocenters. The van der Waals surface area contributed by atoms with Crippen LogP contribution in [0.25, 0.3) is 0 Å². The van der Waals surface area contributed by atoms with Gasteiger partial charge in [-0.15, -0.1) is 0 Å². The van der Waals surface area contributed by atoms with Crippen LogP contribution in [-0.4, -0.2) is 12.9 Å². The van der Waals surface area contributed by atoms with Crippen molar-refractivity contribution in [3.63, 3.8) is 0 Å². The van der Waals surface area contributed by atoms with Crippen molar-refractivity contribution in [2.24, 2.45) is 17.8 Å². The molecule has 0 saturated heterocycles. The maximum absolute atomic E-state index is 12.6. The first kappa shape index (κ1) is 12.7. The smallest absolute Gasteiger partial charge is 0.166 e. The van der Waals surface area contributed by atoms with Crippen LogP contribution in [0.4, 0.5) is 0 Å². The molecule has 3 rings (SSSR count). The molecular formula is C17H22O2. The Balaban J connectivity index is 1.85. The summed E-state index contributed by atoms with van der Waals surface area (Å²) in [5.74, 6) is 2.96. The van der Waals surface area contributed by atoms with Gasteiger partial charge in [0, 0.05) is 11.5 Å². The molecule has 1 aromatic rings. The third-order valence-corrected chi connectivity index (χ3v) is 4.91. The quantitative estimate of drug-likeness (QED) is 0.768. The van der Waals surface area contributed by atoms with Gasteiger partial charge in [-0.3, -0.25) is 4.79 Å². The SMILES string of the molecule is COc1c(C)cc(C(=O)C2C3CCCCC32)cc1C. The molecule has 0 bridgehead atoms. The topological polar surface area (TPSA) is 26.3 Å². The van der Waals surface area contributed by atoms with E-state index in [1.807, 2.05) is 26.0 Å². The maximum Gasteiger partial charge on any atom is 0.166 e. The van der Waals surface area contributed by atoms with Gasteiger partial charge in [-0.2, -0.15) is 0 Å². The van der Waals surface area contributed by atoms with Crippen molar-refractivity contribution in [2.45, 2.75) is 39.5 Å². The van der Waals surface area contributed by atoms with E-state index in [1.165, 1.54) is 25.7 Å². The molecule has 2 aliphatic rings. The number of Topliss-reactive ketones (excluding diaryl/α,β-unsaturated/α-hetero) is 1. The summed E-state index contributed by atoms with van der Waals surface area (Å²) in [6, 6.07) is 4.00. The van der Waals surface area contributed by atoms with Crippen LogP contribution in [0.5, 0.6) is 5.75 Å². The highest BCUT2D eigenvalue weighted by molar-refractivity contribution is 6.00. The van der Waals surface area contributed by atoms with Crippen molar-refractivity contribution in [1.82, 2.24) is 0 Å². The molecular weight excluding hydrogens is 236 g/mol. The number of ether oxygens (including phenoxy) is 1. The average molecular weight is 258 g/mol. The summed E-state index contributed by atoms with van der Waals surface area (Å²) in [4.78, 5) is 12.6. The number of hydrogen-bond acceptors (Lipinski definition) is 2. The van der Waals surface area contributed by atoms with Gasteiger partial charge in [0.05, 0.1) is 7.11 Å². The van der Waals surface area contributed by atoms with Gasteiger partial charge in [0.2, 0.25) is 0 Å². The number of methoxy groups -OCH3 is 1. The fraction of sp³-hybridized carbons (Fsp3) is 0.588. The van der Waals surface area contributed by atoms with Crippen molar-refractivity contribution in [2.75, 3.05) is 7.11 Å². The Morgan fingerprint density at radius 1 is 1.11 bits per heavy atom. The second-order valence-corrected chi connectivity index (χ2v) is 6.15. The Bertz CT molecular complexity index is 483. The van der Waals surface area contributed by atoms with Crippen LogP contribution in [0.1, 0.15) is 47.2 Å². The van der Waals surface area contributed by atoms with Gasteiger partial charge >= 0.3 is 0 Å². The van der Waals surface area contributed by atoms with Crippen LogP contribution in [0.15, 0.2) is 12.1 Å². The predicted octanol–water partition coefficient (Wildman–Crippen LogP) is 3.93. The van der Waals surface area contributed by atoms with Gasteiger partial charge < -0.3 is 4.74 Å². The summed E-state index contributed by atoms with van der Waals surface area (Å²) in [5, 5.41) is 0. The summed E-state index contributed by atoms with van der Waals surface area (Å²) >= 11 is 0. The van der Waals surface area contributed by atoms with Crippen molar-refractivity contribution in [3.8, 4) is 5.75 Å². The minimum absolute atomic E-state index is 0.315.